The first-order chi connectivity index (χ1) is 16.0. The normalized spacial score (nSPS) is 13.3. The summed E-state index contributed by atoms with van der Waals surface area (Å²) in [5.41, 5.74) is -0.564. The van der Waals surface area contributed by atoms with E-state index < -0.39 is 11.6 Å². The van der Waals surface area contributed by atoms with Gasteiger partial charge in [-0.25, -0.2) is 0 Å². The number of hydrogen-bond acceptors (Lipinski definition) is 4. The van der Waals surface area contributed by atoms with Crippen LogP contribution in [0, 0.1) is 0 Å². The van der Waals surface area contributed by atoms with Crippen molar-refractivity contribution in [3.05, 3.63) is 12.7 Å². The van der Waals surface area contributed by atoms with Gasteiger partial charge in [0.15, 0.2) is 0 Å². The van der Waals surface area contributed by atoms with Crippen LogP contribution in [0.1, 0.15) is 137 Å². The van der Waals surface area contributed by atoms with Crippen LogP contribution >= 0.6 is 0 Å². The lowest BCUT2D eigenvalue weighted by molar-refractivity contribution is -0.429. The second-order valence-corrected chi connectivity index (χ2v) is 9.16. The summed E-state index contributed by atoms with van der Waals surface area (Å²) in [6.07, 6.45) is 22.5. The van der Waals surface area contributed by atoms with Gasteiger partial charge in [0, 0.05) is 27.9 Å². The number of allylic oxidation sites excluding steroid dienone is 1. The van der Waals surface area contributed by atoms with E-state index in [0.717, 1.165) is 38.7 Å². The van der Waals surface area contributed by atoms with Gasteiger partial charge in [0.2, 0.25) is 0 Å². The fraction of sp³-hybridized carbons (Fsp3) is 0.931. The third-order valence-corrected chi connectivity index (χ3v) is 6.33. The highest BCUT2D eigenvalue weighted by atomic mass is 16.9. The van der Waals surface area contributed by atoms with E-state index in [2.05, 4.69) is 27.4 Å². The van der Waals surface area contributed by atoms with E-state index in [9.17, 15) is 0 Å². The quantitative estimate of drug-likeness (QED) is 0.0843. The SMILES string of the molecule is C=CC.CCCCCCCCCCOC(CCC)(CCCCCCCC)C(OC)(OC)OC. The first-order valence-electron chi connectivity index (χ1n) is 13.9. The van der Waals surface area contributed by atoms with Gasteiger partial charge in [-0.2, -0.15) is 0 Å². The molecule has 200 valence electrons. The molecular formula is C29H60O4. The molecule has 0 rings (SSSR count). The van der Waals surface area contributed by atoms with Crippen molar-refractivity contribution in [2.24, 2.45) is 0 Å². The van der Waals surface area contributed by atoms with E-state index in [-0.39, 0.29) is 0 Å². The number of hydrogen-bond donors (Lipinski definition) is 0. The summed E-state index contributed by atoms with van der Waals surface area (Å²) in [5.74, 6) is -1.15. The van der Waals surface area contributed by atoms with Gasteiger partial charge < -0.3 is 18.9 Å². The van der Waals surface area contributed by atoms with Gasteiger partial charge >= 0.3 is 5.97 Å². The van der Waals surface area contributed by atoms with Gasteiger partial charge in [-0.05, 0) is 26.2 Å². The zero-order valence-corrected chi connectivity index (χ0v) is 23.6. The Hall–Kier alpha value is -0.420. The third kappa shape index (κ3) is 15.2. The van der Waals surface area contributed by atoms with Crippen LogP contribution < -0.4 is 0 Å². The van der Waals surface area contributed by atoms with Gasteiger partial charge in [0.1, 0.15) is 5.60 Å². The molecule has 0 bridgehead atoms. The van der Waals surface area contributed by atoms with Gasteiger partial charge in [0.05, 0.1) is 0 Å². The van der Waals surface area contributed by atoms with Crippen molar-refractivity contribution in [1.29, 1.82) is 0 Å². The average Bonchev–Trinajstić information content (AvgIpc) is 2.82. The molecule has 0 aliphatic heterocycles. The molecule has 1 atom stereocenters. The van der Waals surface area contributed by atoms with Crippen LogP contribution in [0.15, 0.2) is 12.7 Å². The number of unbranched alkanes of at least 4 members (excludes halogenated alkanes) is 12. The van der Waals surface area contributed by atoms with Crippen LogP contribution in [0.2, 0.25) is 0 Å². The Morgan fingerprint density at radius 3 is 1.36 bits per heavy atom. The van der Waals surface area contributed by atoms with Crippen molar-refractivity contribution >= 4 is 0 Å². The molecular weight excluding hydrogens is 412 g/mol. The Kier molecular flexibility index (Phi) is 26.0. The van der Waals surface area contributed by atoms with E-state index in [0.29, 0.717) is 0 Å². The van der Waals surface area contributed by atoms with Crippen LogP contribution in [-0.4, -0.2) is 39.5 Å². The zero-order chi connectivity index (χ0) is 25.3. The van der Waals surface area contributed by atoms with E-state index in [1.807, 2.05) is 6.92 Å². The highest BCUT2D eigenvalue weighted by molar-refractivity contribution is 4.91. The largest absolute Gasteiger partial charge is 0.367 e. The molecule has 0 saturated heterocycles. The van der Waals surface area contributed by atoms with Crippen LogP contribution in [0.4, 0.5) is 0 Å². The van der Waals surface area contributed by atoms with Crippen molar-refractivity contribution < 1.29 is 18.9 Å². The molecule has 4 heteroatoms. The molecule has 0 spiro atoms. The predicted octanol–water partition coefficient (Wildman–Crippen LogP) is 9.22. The van der Waals surface area contributed by atoms with Crippen LogP contribution in [-0.2, 0) is 18.9 Å². The maximum atomic E-state index is 6.61. The first-order valence-corrected chi connectivity index (χ1v) is 13.9. The Morgan fingerprint density at radius 1 is 0.576 bits per heavy atom. The van der Waals surface area contributed by atoms with Crippen LogP contribution in [0.3, 0.4) is 0 Å². The highest BCUT2D eigenvalue weighted by Gasteiger charge is 2.54. The minimum Gasteiger partial charge on any atom is -0.367 e. The maximum absolute atomic E-state index is 6.61. The molecule has 0 aromatic carbocycles. The van der Waals surface area contributed by atoms with Gasteiger partial charge in [0.25, 0.3) is 0 Å². The maximum Gasteiger partial charge on any atom is 0.313 e. The van der Waals surface area contributed by atoms with Crippen LogP contribution in [0.25, 0.3) is 0 Å². The summed E-state index contributed by atoms with van der Waals surface area (Å²) in [6.45, 7) is 12.7. The number of ether oxygens (including phenoxy) is 4. The average molecular weight is 473 g/mol. The summed E-state index contributed by atoms with van der Waals surface area (Å²) < 4.78 is 24.0. The Balaban J connectivity index is 0. The van der Waals surface area contributed by atoms with Gasteiger partial charge in [-0.1, -0.05) is 117 Å². The molecule has 0 aliphatic carbocycles. The summed E-state index contributed by atoms with van der Waals surface area (Å²) in [7, 11) is 5.00. The summed E-state index contributed by atoms with van der Waals surface area (Å²) in [4.78, 5) is 0. The van der Waals surface area contributed by atoms with Crippen molar-refractivity contribution in [2.75, 3.05) is 27.9 Å². The van der Waals surface area contributed by atoms with E-state index in [1.54, 1.807) is 27.4 Å². The molecule has 0 fully saturated rings. The Bertz CT molecular complexity index is 387. The molecule has 0 aromatic heterocycles. The van der Waals surface area contributed by atoms with Crippen molar-refractivity contribution in [3.8, 4) is 0 Å². The monoisotopic (exact) mass is 472 g/mol. The molecule has 0 heterocycles. The Morgan fingerprint density at radius 2 is 0.970 bits per heavy atom. The van der Waals surface area contributed by atoms with Crippen molar-refractivity contribution in [1.82, 2.24) is 0 Å². The number of methoxy groups -OCH3 is 3. The highest BCUT2D eigenvalue weighted by Crippen LogP contribution is 2.40. The topological polar surface area (TPSA) is 36.9 Å². The van der Waals surface area contributed by atoms with Crippen molar-refractivity contribution in [2.45, 2.75) is 148 Å². The molecule has 33 heavy (non-hydrogen) atoms. The van der Waals surface area contributed by atoms with Gasteiger partial charge in [-0.15, -0.1) is 6.58 Å². The van der Waals surface area contributed by atoms with E-state index in [1.165, 1.54) is 77.0 Å². The lowest BCUT2D eigenvalue weighted by Gasteiger charge is -2.46. The smallest absolute Gasteiger partial charge is 0.313 e. The number of rotatable bonds is 23. The fourth-order valence-corrected chi connectivity index (χ4v) is 4.57. The molecule has 0 radical (unpaired) electrons. The molecule has 4 nitrogen and oxygen atoms in total. The molecule has 0 aromatic rings. The lowest BCUT2D eigenvalue weighted by atomic mass is 9.87. The zero-order valence-electron chi connectivity index (χ0n) is 23.6. The molecule has 0 aliphatic rings. The third-order valence-electron chi connectivity index (χ3n) is 6.33. The fourth-order valence-electron chi connectivity index (χ4n) is 4.57. The standard InChI is InChI=1S/C26H54O4.C3H6/c1-7-10-12-14-16-17-19-21-24-30-25(22-9-3,26(27-4,28-5)29-6)23-20-18-15-13-11-8-2;1-3-2/h7-24H2,1-6H3;3H,1H2,2H3. The second kappa shape index (κ2) is 24.7. The van der Waals surface area contributed by atoms with Gasteiger partial charge in [-0.3, -0.25) is 0 Å². The molecule has 0 N–H and O–H groups in total. The minimum absolute atomic E-state index is 0.564. The minimum atomic E-state index is -1.15. The lowest BCUT2D eigenvalue weighted by Crippen LogP contribution is -2.60. The second-order valence-electron chi connectivity index (χ2n) is 9.16. The van der Waals surface area contributed by atoms with Crippen molar-refractivity contribution in [3.63, 3.8) is 0 Å². The Labute approximate surface area is 208 Å². The predicted molar refractivity (Wildman–Crippen MR) is 144 cm³/mol. The molecule has 0 saturated carbocycles. The summed E-state index contributed by atoms with van der Waals surface area (Å²) in [5, 5.41) is 0. The first kappa shape index (κ1) is 34.7. The van der Waals surface area contributed by atoms with Crippen LogP contribution in [0.5, 0.6) is 0 Å². The van der Waals surface area contributed by atoms with E-state index >= 15 is 0 Å². The summed E-state index contributed by atoms with van der Waals surface area (Å²) >= 11 is 0. The van der Waals surface area contributed by atoms with E-state index in [4.69, 9.17) is 18.9 Å². The summed E-state index contributed by atoms with van der Waals surface area (Å²) in [6, 6.07) is 0. The molecule has 0 amide bonds. The molecule has 1 unspecified atom stereocenters.